The molecule has 2 heterocycles. The van der Waals surface area contributed by atoms with Gasteiger partial charge in [-0.1, -0.05) is 11.6 Å². The Morgan fingerprint density at radius 1 is 1.58 bits per heavy atom. The average Bonchev–Trinajstić information content (AvgIpc) is 2.69. The Morgan fingerprint density at radius 3 is 3.00 bits per heavy atom. The first kappa shape index (κ1) is 12.5. The summed E-state index contributed by atoms with van der Waals surface area (Å²) < 4.78 is 5.84. The third-order valence-electron chi connectivity index (χ3n) is 3.44. The summed E-state index contributed by atoms with van der Waals surface area (Å²) in [7, 11) is 0. The molecule has 0 spiro atoms. The van der Waals surface area contributed by atoms with Gasteiger partial charge < -0.3 is 15.4 Å². The van der Waals surface area contributed by atoms with Gasteiger partial charge in [-0.25, -0.2) is 4.79 Å². The lowest BCUT2D eigenvalue weighted by Crippen LogP contribution is -2.47. The lowest BCUT2D eigenvalue weighted by Gasteiger charge is -2.36. The summed E-state index contributed by atoms with van der Waals surface area (Å²) in [6.07, 6.45) is -0.0871. The van der Waals surface area contributed by atoms with E-state index in [4.69, 9.17) is 34.3 Å². The van der Waals surface area contributed by atoms with Crippen molar-refractivity contribution in [3.05, 3.63) is 23.2 Å². The predicted molar refractivity (Wildman–Crippen MR) is 76.7 cm³/mol. The molecule has 1 aromatic rings. The monoisotopic (exact) mass is 297 g/mol. The Hall–Kier alpha value is -1.53. The minimum absolute atomic E-state index is 0.0361. The van der Waals surface area contributed by atoms with Crippen LogP contribution in [-0.2, 0) is 0 Å². The van der Waals surface area contributed by atoms with Crippen molar-refractivity contribution in [3.63, 3.8) is 0 Å². The largest absolute Gasteiger partial charge is 0.486 e. The third kappa shape index (κ3) is 1.82. The maximum atomic E-state index is 11.4. The number of anilines is 1. The predicted octanol–water partition coefficient (Wildman–Crippen LogP) is 1.98. The van der Waals surface area contributed by atoms with E-state index in [1.54, 1.807) is 18.2 Å². The summed E-state index contributed by atoms with van der Waals surface area (Å²) in [6, 6.07) is 4.77. The summed E-state index contributed by atoms with van der Waals surface area (Å²) in [5.41, 5.74) is 6.13. The van der Waals surface area contributed by atoms with Crippen LogP contribution in [0.4, 0.5) is 10.5 Å². The number of thiocarbonyl (C=S) groups is 1. The maximum absolute atomic E-state index is 11.4. The Bertz CT molecular complexity index is 580. The summed E-state index contributed by atoms with van der Waals surface area (Å²) in [5, 5.41) is 0.993. The number of urea groups is 1. The fourth-order valence-corrected chi connectivity index (χ4v) is 3.06. The van der Waals surface area contributed by atoms with Crippen LogP contribution < -0.4 is 15.4 Å². The van der Waals surface area contributed by atoms with Crippen LogP contribution in [0.5, 0.6) is 5.75 Å². The van der Waals surface area contributed by atoms with Crippen molar-refractivity contribution >= 4 is 40.6 Å². The van der Waals surface area contributed by atoms with Gasteiger partial charge in [0.15, 0.2) is 5.11 Å². The third-order valence-corrected chi connectivity index (χ3v) is 4.09. The van der Waals surface area contributed by atoms with Gasteiger partial charge in [-0.2, -0.15) is 0 Å². The molecule has 2 atom stereocenters. The summed E-state index contributed by atoms with van der Waals surface area (Å²) in [4.78, 5) is 14.7. The number of hydrogen-bond acceptors (Lipinski definition) is 3. The van der Waals surface area contributed by atoms with Gasteiger partial charge in [0.05, 0.1) is 18.3 Å². The molecule has 1 saturated heterocycles. The number of nitrogens with zero attached hydrogens (tertiary/aromatic N) is 2. The molecule has 19 heavy (non-hydrogen) atoms. The van der Waals surface area contributed by atoms with E-state index in [2.05, 4.69) is 0 Å². The highest BCUT2D eigenvalue weighted by Gasteiger charge is 2.45. The Morgan fingerprint density at radius 2 is 2.32 bits per heavy atom. The molecule has 0 aliphatic carbocycles. The van der Waals surface area contributed by atoms with Crippen molar-refractivity contribution in [1.29, 1.82) is 0 Å². The first-order valence-corrected chi connectivity index (χ1v) is 6.64. The van der Waals surface area contributed by atoms with Crippen LogP contribution in [0.1, 0.15) is 6.92 Å². The molecule has 1 aromatic carbocycles. The normalized spacial score (nSPS) is 24.8. The van der Waals surface area contributed by atoms with Gasteiger partial charge in [0.2, 0.25) is 0 Å². The van der Waals surface area contributed by atoms with Gasteiger partial charge in [0.25, 0.3) is 0 Å². The quantitative estimate of drug-likeness (QED) is 0.744. The van der Waals surface area contributed by atoms with Crippen molar-refractivity contribution in [3.8, 4) is 5.75 Å². The van der Waals surface area contributed by atoms with Crippen molar-refractivity contribution < 1.29 is 9.53 Å². The first-order chi connectivity index (χ1) is 8.99. The molecular weight excluding hydrogens is 286 g/mol. The molecule has 100 valence electrons. The fourth-order valence-electron chi connectivity index (χ4n) is 2.50. The van der Waals surface area contributed by atoms with E-state index in [1.807, 2.05) is 11.8 Å². The highest BCUT2D eigenvalue weighted by atomic mass is 35.5. The van der Waals surface area contributed by atoms with Gasteiger partial charge in [-0.3, -0.25) is 4.90 Å². The molecule has 2 N–H and O–H groups in total. The molecule has 0 saturated carbocycles. The number of carbonyl (C=O) groups is 1. The van der Waals surface area contributed by atoms with Gasteiger partial charge >= 0.3 is 6.03 Å². The van der Waals surface area contributed by atoms with Crippen LogP contribution >= 0.6 is 23.8 Å². The van der Waals surface area contributed by atoms with Crippen LogP contribution in [0.25, 0.3) is 0 Å². The van der Waals surface area contributed by atoms with E-state index in [1.165, 1.54) is 4.90 Å². The SMILES string of the molecule is CC1Oc2ccc(Cl)cc2N2C(=S)N(C(N)=O)CC12. The standard InChI is InChI=1S/C12H12ClN3O2S/c1-6-9-5-15(11(14)17)12(19)16(9)8-4-7(13)2-3-10(8)18-6/h2-4,6,9H,5H2,1H3,(H2,14,17). The van der Waals surface area contributed by atoms with Gasteiger partial charge in [-0.15, -0.1) is 0 Å². The topological polar surface area (TPSA) is 58.8 Å². The van der Waals surface area contributed by atoms with Crippen LogP contribution in [0.3, 0.4) is 0 Å². The number of primary amides is 1. The molecule has 0 radical (unpaired) electrons. The number of fused-ring (bicyclic) bond motifs is 3. The van der Waals surface area contributed by atoms with Crippen molar-refractivity contribution in [2.75, 3.05) is 11.4 Å². The lowest BCUT2D eigenvalue weighted by molar-refractivity contribution is 0.175. The highest BCUT2D eigenvalue weighted by Crippen LogP contribution is 2.41. The van der Waals surface area contributed by atoms with Gasteiger partial charge in [-0.05, 0) is 37.3 Å². The van der Waals surface area contributed by atoms with Crippen molar-refractivity contribution in [2.24, 2.45) is 5.73 Å². The smallest absolute Gasteiger partial charge is 0.321 e. The van der Waals surface area contributed by atoms with Crippen LogP contribution in [0, 0.1) is 0 Å². The zero-order valence-electron chi connectivity index (χ0n) is 10.2. The van der Waals surface area contributed by atoms with Crippen molar-refractivity contribution in [1.82, 2.24) is 4.90 Å². The molecular formula is C12H12ClN3O2S. The van der Waals surface area contributed by atoms with Gasteiger partial charge in [0, 0.05) is 5.02 Å². The molecule has 2 aliphatic rings. The highest BCUT2D eigenvalue weighted by molar-refractivity contribution is 7.80. The molecule has 2 aliphatic heterocycles. The summed E-state index contributed by atoms with van der Waals surface area (Å²) >= 11 is 11.4. The van der Waals surface area contributed by atoms with E-state index in [9.17, 15) is 4.79 Å². The number of carbonyl (C=O) groups excluding carboxylic acids is 1. The number of hydrogen-bond donors (Lipinski definition) is 1. The lowest BCUT2D eigenvalue weighted by atomic mass is 10.1. The molecule has 5 nitrogen and oxygen atoms in total. The zero-order valence-corrected chi connectivity index (χ0v) is 11.7. The van der Waals surface area contributed by atoms with E-state index in [0.717, 1.165) is 5.69 Å². The Kier molecular flexibility index (Phi) is 2.79. The summed E-state index contributed by atoms with van der Waals surface area (Å²) in [5.74, 6) is 0.710. The first-order valence-electron chi connectivity index (χ1n) is 5.85. The van der Waals surface area contributed by atoms with E-state index in [0.29, 0.717) is 22.4 Å². The second-order valence-electron chi connectivity index (χ2n) is 4.60. The number of ether oxygens (including phenoxy) is 1. The molecule has 0 aromatic heterocycles. The molecule has 7 heteroatoms. The second-order valence-corrected chi connectivity index (χ2v) is 5.41. The molecule has 1 fully saturated rings. The minimum Gasteiger partial charge on any atom is -0.486 e. The molecule has 2 amide bonds. The number of rotatable bonds is 0. The van der Waals surface area contributed by atoms with Crippen LogP contribution in [-0.4, -0.2) is 34.7 Å². The maximum Gasteiger partial charge on any atom is 0.321 e. The van der Waals surface area contributed by atoms with E-state index in [-0.39, 0.29) is 12.1 Å². The van der Waals surface area contributed by atoms with E-state index >= 15 is 0 Å². The minimum atomic E-state index is -0.546. The van der Waals surface area contributed by atoms with Crippen LogP contribution in [0.2, 0.25) is 5.02 Å². The fraction of sp³-hybridized carbons (Fsp3) is 0.333. The molecule has 0 bridgehead atoms. The Balaban J connectivity index is 2.09. The number of nitrogens with two attached hydrogens (primary N) is 1. The Labute approximate surface area is 120 Å². The average molecular weight is 298 g/mol. The molecule has 3 rings (SSSR count). The summed E-state index contributed by atoms with van der Waals surface area (Å²) in [6.45, 7) is 2.38. The number of amides is 2. The number of benzene rings is 1. The van der Waals surface area contributed by atoms with Crippen LogP contribution in [0.15, 0.2) is 18.2 Å². The zero-order chi connectivity index (χ0) is 13.7. The number of halogens is 1. The van der Waals surface area contributed by atoms with E-state index < -0.39 is 6.03 Å². The second kappa shape index (κ2) is 4.25. The van der Waals surface area contributed by atoms with Gasteiger partial charge in [0.1, 0.15) is 11.9 Å². The van der Waals surface area contributed by atoms with Crippen molar-refractivity contribution in [2.45, 2.75) is 19.1 Å². The molecule has 2 unspecified atom stereocenters.